The number of aromatic nitrogens is 2. The van der Waals surface area contributed by atoms with Crippen LogP contribution in [0, 0.1) is 0 Å². The number of hydrogen-bond donors (Lipinski definition) is 0. The number of rotatable bonds is 3. The molecule has 0 bridgehead atoms. The van der Waals surface area contributed by atoms with Crippen molar-refractivity contribution in [2.75, 3.05) is 13.1 Å². The van der Waals surface area contributed by atoms with Gasteiger partial charge in [0.05, 0.1) is 12.0 Å². The average Bonchev–Trinajstić information content (AvgIpc) is 3.00. The van der Waals surface area contributed by atoms with Gasteiger partial charge in [0, 0.05) is 31.4 Å². The van der Waals surface area contributed by atoms with Crippen molar-refractivity contribution in [1.82, 2.24) is 14.5 Å². The minimum atomic E-state index is 0.604. The molecule has 2 aromatic rings. The smallest absolute Gasteiger partial charge is 0.0945 e. The highest BCUT2D eigenvalue weighted by Crippen LogP contribution is 2.29. The van der Waals surface area contributed by atoms with E-state index in [-0.39, 0.29) is 0 Å². The summed E-state index contributed by atoms with van der Waals surface area (Å²) in [6.07, 6.45) is 5.02. The summed E-state index contributed by atoms with van der Waals surface area (Å²) in [5.41, 5.74) is 2.63. The largest absolute Gasteiger partial charge is 0.337 e. The van der Waals surface area contributed by atoms with Crippen LogP contribution in [-0.4, -0.2) is 27.5 Å². The van der Waals surface area contributed by atoms with Crippen molar-refractivity contribution in [3.8, 4) is 0 Å². The summed E-state index contributed by atoms with van der Waals surface area (Å²) in [6.45, 7) is 3.22. The highest BCUT2D eigenvalue weighted by atomic mass is 35.5. The van der Waals surface area contributed by atoms with Crippen molar-refractivity contribution in [2.24, 2.45) is 7.05 Å². The Morgan fingerprint density at radius 3 is 3.05 bits per heavy atom. The molecule has 1 saturated heterocycles. The molecule has 0 unspecified atom stereocenters. The standard InChI is InChI=1S/C15H18ClN3/c1-18-11-17-8-15(18)10-19-6-5-13(9-19)12-3-2-4-14(16)7-12/h2-4,7-8,11,13H,5-6,9-10H2,1H3/t13-/m0/s1. The van der Waals surface area contributed by atoms with Gasteiger partial charge < -0.3 is 4.57 Å². The first-order chi connectivity index (χ1) is 9.22. The Bertz CT molecular complexity index is 564. The molecule has 3 nitrogen and oxygen atoms in total. The van der Waals surface area contributed by atoms with Gasteiger partial charge in [-0.25, -0.2) is 4.98 Å². The molecule has 1 fully saturated rings. The van der Waals surface area contributed by atoms with Gasteiger partial charge in [0.1, 0.15) is 0 Å². The Morgan fingerprint density at radius 1 is 1.42 bits per heavy atom. The molecule has 1 aliphatic heterocycles. The minimum Gasteiger partial charge on any atom is -0.337 e. The molecule has 3 rings (SSSR count). The molecule has 19 heavy (non-hydrogen) atoms. The summed E-state index contributed by atoms with van der Waals surface area (Å²) in [6, 6.07) is 8.26. The van der Waals surface area contributed by atoms with E-state index in [4.69, 9.17) is 11.6 Å². The highest BCUT2D eigenvalue weighted by Gasteiger charge is 2.24. The number of imidazole rings is 1. The third-order valence-electron chi connectivity index (χ3n) is 3.89. The van der Waals surface area contributed by atoms with Crippen molar-refractivity contribution in [3.63, 3.8) is 0 Å². The van der Waals surface area contributed by atoms with E-state index in [1.54, 1.807) is 0 Å². The van der Waals surface area contributed by atoms with E-state index in [0.717, 1.165) is 24.7 Å². The van der Waals surface area contributed by atoms with Crippen molar-refractivity contribution < 1.29 is 0 Å². The van der Waals surface area contributed by atoms with Gasteiger partial charge >= 0.3 is 0 Å². The molecule has 0 amide bonds. The third-order valence-corrected chi connectivity index (χ3v) is 4.13. The number of nitrogens with zero attached hydrogens (tertiary/aromatic N) is 3. The minimum absolute atomic E-state index is 0.604. The highest BCUT2D eigenvalue weighted by molar-refractivity contribution is 6.30. The van der Waals surface area contributed by atoms with Crippen molar-refractivity contribution in [2.45, 2.75) is 18.9 Å². The van der Waals surface area contributed by atoms with Crippen molar-refractivity contribution in [3.05, 3.63) is 53.1 Å². The lowest BCUT2D eigenvalue weighted by Gasteiger charge is -2.16. The van der Waals surface area contributed by atoms with E-state index in [1.807, 2.05) is 31.7 Å². The monoisotopic (exact) mass is 275 g/mol. The van der Waals surface area contributed by atoms with Gasteiger partial charge in [0.15, 0.2) is 0 Å². The van der Waals surface area contributed by atoms with E-state index < -0.39 is 0 Å². The lowest BCUT2D eigenvalue weighted by Crippen LogP contribution is -2.21. The zero-order chi connectivity index (χ0) is 13.2. The molecule has 0 aliphatic carbocycles. The lowest BCUT2D eigenvalue weighted by molar-refractivity contribution is 0.319. The summed E-state index contributed by atoms with van der Waals surface area (Å²) in [5.74, 6) is 0.604. The maximum absolute atomic E-state index is 6.07. The van der Waals surface area contributed by atoms with Crippen LogP contribution in [0.1, 0.15) is 23.6 Å². The second kappa shape index (κ2) is 5.35. The van der Waals surface area contributed by atoms with Gasteiger partial charge in [-0.2, -0.15) is 0 Å². The van der Waals surface area contributed by atoms with Gasteiger partial charge in [0.2, 0.25) is 0 Å². The number of halogens is 1. The van der Waals surface area contributed by atoms with E-state index in [0.29, 0.717) is 5.92 Å². The van der Waals surface area contributed by atoms with Gasteiger partial charge in [-0.3, -0.25) is 4.90 Å². The number of aryl methyl sites for hydroxylation is 1. The molecule has 1 aromatic carbocycles. The molecular formula is C15H18ClN3. The summed E-state index contributed by atoms with van der Waals surface area (Å²) >= 11 is 6.07. The quantitative estimate of drug-likeness (QED) is 0.858. The molecule has 1 aromatic heterocycles. The Balaban J connectivity index is 1.66. The summed E-state index contributed by atoms with van der Waals surface area (Å²) < 4.78 is 2.09. The fourth-order valence-corrected chi connectivity index (χ4v) is 2.97. The number of likely N-dealkylation sites (tertiary alicyclic amines) is 1. The summed E-state index contributed by atoms with van der Waals surface area (Å²) in [4.78, 5) is 6.66. The van der Waals surface area contributed by atoms with Crippen LogP contribution in [0.4, 0.5) is 0 Å². The average molecular weight is 276 g/mol. The van der Waals surface area contributed by atoms with E-state index in [1.165, 1.54) is 17.7 Å². The van der Waals surface area contributed by atoms with Gasteiger partial charge in [-0.05, 0) is 36.6 Å². The first kappa shape index (κ1) is 12.7. The maximum atomic E-state index is 6.07. The Hall–Kier alpha value is -1.32. The molecule has 1 atom stereocenters. The lowest BCUT2D eigenvalue weighted by atomic mass is 9.99. The van der Waals surface area contributed by atoms with Gasteiger partial charge in [-0.15, -0.1) is 0 Å². The topological polar surface area (TPSA) is 21.1 Å². The number of hydrogen-bond acceptors (Lipinski definition) is 2. The van der Waals surface area contributed by atoms with Crippen LogP contribution in [0.2, 0.25) is 5.02 Å². The normalized spacial score (nSPS) is 20.0. The van der Waals surface area contributed by atoms with Crippen LogP contribution in [0.15, 0.2) is 36.8 Å². The van der Waals surface area contributed by atoms with Gasteiger partial charge in [-0.1, -0.05) is 23.7 Å². The zero-order valence-corrected chi connectivity index (χ0v) is 11.8. The summed E-state index contributed by atoms with van der Waals surface area (Å²) in [7, 11) is 2.05. The predicted molar refractivity (Wildman–Crippen MR) is 77.3 cm³/mol. The van der Waals surface area contributed by atoms with Crippen LogP contribution in [-0.2, 0) is 13.6 Å². The second-order valence-corrected chi connectivity index (χ2v) is 5.71. The molecule has 0 N–H and O–H groups in total. The maximum Gasteiger partial charge on any atom is 0.0945 e. The molecule has 0 saturated carbocycles. The molecule has 2 heterocycles. The molecule has 1 aliphatic rings. The van der Waals surface area contributed by atoms with E-state index >= 15 is 0 Å². The second-order valence-electron chi connectivity index (χ2n) is 5.27. The molecule has 100 valence electrons. The first-order valence-electron chi connectivity index (χ1n) is 6.65. The van der Waals surface area contributed by atoms with Crippen LogP contribution >= 0.6 is 11.6 Å². The van der Waals surface area contributed by atoms with Crippen LogP contribution in [0.25, 0.3) is 0 Å². The van der Waals surface area contributed by atoms with Crippen LogP contribution < -0.4 is 0 Å². The van der Waals surface area contributed by atoms with Gasteiger partial charge in [0.25, 0.3) is 0 Å². The van der Waals surface area contributed by atoms with Crippen LogP contribution in [0.5, 0.6) is 0 Å². The fraction of sp³-hybridized carbons (Fsp3) is 0.400. The van der Waals surface area contributed by atoms with Crippen molar-refractivity contribution in [1.29, 1.82) is 0 Å². The Kier molecular flexibility index (Phi) is 3.58. The summed E-state index contributed by atoms with van der Waals surface area (Å²) in [5, 5.41) is 0.836. The SMILES string of the molecule is Cn1cncc1CN1CC[C@H](c2cccc(Cl)c2)C1. The van der Waals surface area contributed by atoms with Crippen LogP contribution in [0.3, 0.4) is 0 Å². The molecule has 0 spiro atoms. The molecule has 4 heteroatoms. The number of benzene rings is 1. The predicted octanol–water partition coefficient (Wildman–Crippen LogP) is 3.06. The fourth-order valence-electron chi connectivity index (χ4n) is 2.77. The molecular weight excluding hydrogens is 258 g/mol. The first-order valence-corrected chi connectivity index (χ1v) is 7.03. The Labute approximate surface area is 118 Å². The third kappa shape index (κ3) is 2.82. The van der Waals surface area contributed by atoms with E-state index in [9.17, 15) is 0 Å². The van der Waals surface area contributed by atoms with E-state index in [2.05, 4.69) is 26.6 Å². The zero-order valence-electron chi connectivity index (χ0n) is 11.1. The molecule has 0 radical (unpaired) electrons. The van der Waals surface area contributed by atoms with Crippen molar-refractivity contribution >= 4 is 11.6 Å². The Morgan fingerprint density at radius 2 is 2.32 bits per heavy atom.